The smallest absolute Gasteiger partial charge is 0.309 e. The first-order valence-electron chi connectivity index (χ1n) is 10.5. The third-order valence-electron chi connectivity index (χ3n) is 5.62. The Labute approximate surface area is 198 Å². The Kier molecular flexibility index (Phi) is 7.02. The predicted molar refractivity (Wildman–Crippen MR) is 129 cm³/mol. The Bertz CT molecular complexity index is 1180. The van der Waals surface area contributed by atoms with Gasteiger partial charge in [0, 0.05) is 36.0 Å². The molecular weight excluding hydrogens is 466 g/mol. The van der Waals surface area contributed by atoms with Gasteiger partial charge < -0.3 is 9.64 Å². The zero-order valence-electron chi connectivity index (χ0n) is 18.2. The summed E-state index contributed by atoms with van der Waals surface area (Å²) in [6.07, 6.45) is 1.23. The molecule has 0 radical (unpaired) electrons. The number of ether oxygens (including phenoxy) is 1. The molecule has 0 bridgehead atoms. The van der Waals surface area contributed by atoms with Gasteiger partial charge in [-0.15, -0.1) is 22.7 Å². The van der Waals surface area contributed by atoms with Crippen molar-refractivity contribution in [3.63, 3.8) is 0 Å². The molecule has 0 aromatic carbocycles. The average Bonchev–Trinajstić information content (AvgIpc) is 3.47. The number of hydrogen-bond acceptors (Lipinski definition) is 8. The summed E-state index contributed by atoms with van der Waals surface area (Å²) in [5.74, 6) is -0.312. The van der Waals surface area contributed by atoms with E-state index in [9.17, 15) is 14.4 Å². The second kappa shape index (κ2) is 9.76. The van der Waals surface area contributed by atoms with Crippen molar-refractivity contribution in [3.8, 4) is 10.4 Å². The number of carbonyl (C=O) groups is 2. The first-order valence-corrected chi connectivity index (χ1v) is 13.2. The lowest BCUT2D eigenvalue weighted by Gasteiger charge is -2.32. The van der Waals surface area contributed by atoms with Gasteiger partial charge in [-0.2, -0.15) is 0 Å². The molecule has 1 aliphatic heterocycles. The van der Waals surface area contributed by atoms with Crippen LogP contribution >= 0.6 is 34.4 Å². The summed E-state index contributed by atoms with van der Waals surface area (Å²) < 4.78 is 6.64. The average molecular weight is 492 g/mol. The molecule has 32 heavy (non-hydrogen) atoms. The van der Waals surface area contributed by atoms with Crippen LogP contribution in [0.25, 0.3) is 20.7 Å². The summed E-state index contributed by atoms with van der Waals surface area (Å²) in [5, 5.41) is 4.74. The molecule has 0 N–H and O–H groups in total. The van der Waals surface area contributed by atoms with E-state index in [1.54, 1.807) is 30.2 Å². The molecular formula is C22H25N3O4S3. The summed E-state index contributed by atoms with van der Waals surface area (Å²) in [5.41, 5.74) is 0.815. The largest absolute Gasteiger partial charge is 0.466 e. The highest BCUT2D eigenvalue weighted by atomic mass is 32.2. The van der Waals surface area contributed by atoms with Crippen molar-refractivity contribution in [1.29, 1.82) is 0 Å². The van der Waals surface area contributed by atoms with Gasteiger partial charge in [0.05, 0.1) is 23.2 Å². The third kappa shape index (κ3) is 4.49. The van der Waals surface area contributed by atoms with Crippen LogP contribution in [0, 0.1) is 5.92 Å². The summed E-state index contributed by atoms with van der Waals surface area (Å²) in [6.45, 7) is 5.09. The second-order valence-corrected chi connectivity index (χ2v) is 10.8. The first kappa shape index (κ1) is 23.0. The quantitative estimate of drug-likeness (QED) is 0.294. The van der Waals surface area contributed by atoms with Crippen LogP contribution in [-0.4, -0.2) is 51.3 Å². The van der Waals surface area contributed by atoms with Crippen molar-refractivity contribution >= 4 is 56.5 Å². The van der Waals surface area contributed by atoms with Gasteiger partial charge in [-0.25, -0.2) is 4.98 Å². The van der Waals surface area contributed by atoms with E-state index in [4.69, 9.17) is 9.72 Å². The van der Waals surface area contributed by atoms with E-state index in [0.29, 0.717) is 47.9 Å². The number of aromatic nitrogens is 2. The molecule has 4 heterocycles. The Hall–Kier alpha value is -2.17. The number of nitrogens with zero attached hydrogens (tertiary/aromatic N) is 3. The van der Waals surface area contributed by atoms with E-state index in [-0.39, 0.29) is 28.6 Å². The first-order chi connectivity index (χ1) is 15.4. The van der Waals surface area contributed by atoms with Crippen molar-refractivity contribution in [3.05, 3.63) is 33.2 Å². The summed E-state index contributed by atoms with van der Waals surface area (Å²) in [7, 11) is 1.70. The van der Waals surface area contributed by atoms with Gasteiger partial charge in [-0.3, -0.25) is 19.0 Å². The fourth-order valence-corrected chi connectivity index (χ4v) is 6.59. The highest BCUT2D eigenvalue weighted by Gasteiger charge is 2.31. The Morgan fingerprint density at radius 3 is 2.72 bits per heavy atom. The van der Waals surface area contributed by atoms with E-state index >= 15 is 0 Å². The van der Waals surface area contributed by atoms with Gasteiger partial charge in [0.2, 0.25) is 5.91 Å². The van der Waals surface area contributed by atoms with Gasteiger partial charge >= 0.3 is 5.97 Å². The predicted octanol–water partition coefficient (Wildman–Crippen LogP) is 4.01. The minimum atomic E-state index is -0.388. The summed E-state index contributed by atoms with van der Waals surface area (Å²) in [4.78, 5) is 46.3. The number of piperidine rings is 1. The van der Waals surface area contributed by atoms with Crippen LogP contribution in [0.2, 0.25) is 0 Å². The zero-order valence-corrected chi connectivity index (χ0v) is 20.6. The molecule has 0 spiro atoms. The number of fused-ring (bicyclic) bond motifs is 1. The number of likely N-dealkylation sites (tertiary alicyclic amines) is 1. The van der Waals surface area contributed by atoms with Crippen molar-refractivity contribution in [1.82, 2.24) is 14.5 Å². The van der Waals surface area contributed by atoms with Gasteiger partial charge in [-0.1, -0.05) is 17.8 Å². The van der Waals surface area contributed by atoms with Crippen molar-refractivity contribution < 1.29 is 14.3 Å². The van der Waals surface area contributed by atoms with E-state index in [2.05, 4.69) is 0 Å². The molecule has 3 aromatic heterocycles. The number of amides is 1. The molecule has 3 aromatic rings. The Balaban J connectivity index is 1.48. The zero-order chi connectivity index (χ0) is 22.8. The van der Waals surface area contributed by atoms with E-state index in [0.717, 1.165) is 10.4 Å². The molecule has 1 saturated heterocycles. The highest BCUT2D eigenvalue weighted by molar-refractivity contribution is 8.00. The lowest BCUT2D eigenvalue weighted by Crippen LogP contribution is -2.43. The minimum Gasteiger partial charge on any atom is -0.466 e. The number of carbonyl (C=O) groups excluding carboxylic acids is 2. The monoisotopic (exact) mass is 491 g/mol. The summed E-state index contributed by atoms with van der Waals surface area (Å²) in [6, 6.07) is 3.97. The van der Waals surface area contributed by atoms with Crippen LogP contribution in [0.15, 0.2) is 32.8 Å². The fraction of sp³-hybridized carbons (Fsp3) is 0.455. The minimum absolute atomic E-state index is 0.00268. The van der Waals surface area contributed by atoms with Crippen molar-refractivity contribution in [2.45, 2.75) is 37.1 Å². The van der Waals surface area contributed by atoms with Gasteiger partial charge in [0.1, 0.15) is 4.83 Å². The number of thioether (sulfide) groups is 1. The van der Waals surface area contributed by atoms with Crippen LogP contribution in [0.3, 0.4) is 0 Å². The molecule has 10 heteroatoms. The number of rotatable bonds is 6. The maximum Gasteiger partial charge on any atom is 0.309 e. The molecule has 0 aliphatic carbocycles. The molecule has 4 rings (SSSR count). The Morgan fingerprint density at radius 2 is 2.06 bits per heavy atom. The van der Waals surface area contributed by atoms with Gasteiger partial charge in [0.15, 0.2) is 5.16 Å². The van der Waals surface area contributed by atoms with Crippen LogP contribution in [0.1, 0.15) is 26.7 Å². The highest BCUT2D eigenvalue weighted by Crippen LogP contribution is 2.35. The van der Waals surface area contributed by atoms with E-state index in [1.165, 1.54) is 27.7 Å². The SMILES string of the molecule is CCOC(=O)C1CCN(C(=O)C(C)Sc2nc3scc(-c4cccs4)c3c(=O)n2C)CC1. The third-order valence-corrected chi connectivity index (χ3v) is 8.52. The van der Waals surface area contributed by atoms with Crippen LogP contribution in [-0.2, 0) is 21.4 Å². The van der Waals surface area contributed by atoms with E-state index in [1.807, 2.05) is 29.8 Å². The van der Waals surface area contributed by atoms with Crippen molar-refractivity contribution in [2.24, 2.45) is 13.0 Å². The molecule has 1 atom stereocenters. The Morgan fingerprint density at radius 1 is 1.31 bits per heavy atom. The van der Waals surface area contributed by atoms with E-state index < -0.39 is 0 Å². The molecule has 0 saturated carbocycles. The molecule has 1 fully saturated rings. The van der Waals surface area contributed by atoms with Crippen LogP contribution in [0.4, 0.5) is 0 Å². The number of hydrogen-bond donors (Lipinski definition) is 0. The molecule has 1 aliphatic rings. The van der Waals surface area contributed by atoms with Gasteiger partial charge in [-0.05, 0) is 38.1 Å². The normalized spacial score (nSPS) is 15.8. The number of esters is 1. The number of thiophene rings is 2. The van der Waals surface area contributed by atoms with Gasteiger partial charge in [0.25, 0.3) is 5.56 Å². The molecule has 1 amide bonds. The standard InChI is InChI=1S/C22H25N3O4S3/c1-4-29-21(28)14-7-9-25(10-8-14)19(26)13(2)32-22-23-18-17(20(27)24(22)3)15(12-31-18)16-6-5-11-30-16/h5-6,11-14H,4,7-10H2,1-3H3. The lowest BCUT2D eigenvalue weighted by atomic mass is 9.97. The maximum atomic E-state index is 13.1. The lowest BCUT2D eigenvalue weighted by molar-refractivity contribution is -0.151. The second-order valence-electron chi connectivity index (χ2n) is 7.68. The molecule has 7 nitrogen and oxygen atoms in total. The fourth-order valence-electron chi connectivity index (χ4n) is 3.83. The maximum absolute atomic E-state index is 13.1. The van der Waals surface area contributed by atoms with Crippen LogP contribution in [0.5, 0.6) is 0 Å². The molecule has 170 valence electrons. The van der Waals surface area contributed by atoms with Crippen molar-refractivity contribution in [2.75, 3.05) is 19.7 Å². The van der Waals surface area contributed by atoms with Crippen LogP contribution < -0.4 is 5.56 Å². The topological polar surface area (TPSA) is 81.5 Å². The molecule has 1 unspecified atom stereocenters. The summed E-state index contributed by atoms with van der Waals surface area (Å²) >= 11 is 4.35.